The molecule has 10 nitrogen and oxygen atoms in total. The number of hydrogen-bond donors (Lipinski definition) is 2. The van der Waals surface area contributed by atoms with Crippen LogP contribution in [0.1, 0.15) is 26.7 Å². The van der Waals surface area contributed by atoms with Crippen LogP contribution >= 0.6 is 0 Å². The summed E-state index contributed by atoms with van der Waals surface area (Å²) in [6, 6.07) is -1.58. The molecule has 29 heavy (non-hydrogen) atoms. The second-order valence-corrected chi connectivity index (χ2v) is 7.14. The number of nitrogens with zero attached hydrogens (tertiary/aromatic N) is 1. The normalized spacial score (nSPS) is 26.2. The number of carbonyl (C=O) groups is 3. The van der Waals surface area contributed by atoms with E-state index >= 15 is 0 Å². The maximum absolute atomic E-state index is 12.5. The Morgan fingerprint density at radius 2 is 1.97 bits per heavy atom. The van der Waals surface area contributed by atoms with E-state index in [1.54, 1.807) is 13.8 Å². The molecular formula is C19H28N2O8. The van der Waals surface area contributed by atoms with Gasteiger partial charge in [0.25, 0.3) is 0 Å². The molecule has 0 bridgehead atoms. The minimum absolute atomic E-state index is 0.0139. The molecule has 10 heteroatoms. The Morgan fingerprint density at radius 3 is 2.55 bits per heavy atom. The van der Waals surface area contributed by atoms with Gasteiger partial charge in [-0.2, -0.15) is 0 Å². The number of esters is 1. The van der Waals surface area contributed by atoms with Crippen LogP contribution in [0.2, 0.25) is 0 Å². The second kappa shape index (κ2) is 9.86. The minimum atomic E-state index is -1.79. The van der Waals surface area contributed by atoms with Crippen molar-refractivity contribution < 1.29 is 38.4 Å². The Balaban J connectivity index is 2.03. The molecule has 0 aliphatic carbocycles. The SMILES string of the molecule is C=CCOC(=O)N[C@@H]1C(=O)N(C(O)C(=O)OCC=C)[C@@H]1CCC1COC(C)(C)O1. The lowest BCUT2D eigenvalue weighted by Gasteiger charge is -2.48. The van der Waals surface area contributed by atoms with Gasteiger partial charge < -0.3 is 29.4 Å². The Kier molecular flexibility index (Phi) is 7.77. The number of ether oxygens (including phenoxy) is 4. The molecule has 2 fully saturated rings. The molecule has 2 unspecified atom stereocenters. The van der Waals surface area contributed by atoms with Crippen LogP contribution in [0.3, 0.4) is 0 Å². The molecule has 0 aromatic heterocycles. The standard InChI is InChI=1S/C19H28N2O8/c1-5-9-26-17(24)16(23)21-13(8-7-12-11-28-19(3,4)29-12)14(15(21)22)20-18(25)27-10-6-2/h5-6,12-14,16,23H,1-2,7-11H2,3-4H3,(H,20,25)/t12?,13-,14+,16?/m1/s1. The third kappa shape index (κ3) is 5.78. The van der Waals surface area contributed by atoms with E-state index in [-0.39, 0.29) is 19.3 Å². The van der Waals surface area contributed by atoms with Crippen molar-refractivity contribution in [1.82, 2.24) is 10.2 Å². The quantitative estimate of drug-likeness (QED) is 0.301. The smallest absolute Gasteiger partial charge is 0.408 e. The first kappa shape index (κ1) is 22.9. The van der Waals surface area contributed by atoms with Crippen LogP contribution < -0.4 is 5.32 Å². The molecule has 162 valence electrons. The summed E-state index contributed by atoms with van der Waals surface area (Å²) in [5.74, 6) is -2.28. The lowest BCUT2D eigenvalue weighted by Crippen LogP contribution is -2.74. The number of aliphatic hydroxyl groups is 1. The van der Waals surface area contributed by atoms with Crippen LogP contribution in [-0.4, -0.2) is 78.0 Å². The summed E-state index contributed by atoms with van der Waals surface area (Å²) in [5.41, 5.74) is 0. The van der Waals surface area contributed by atoms with E-state index in [2.05, 4.69) is 18.5 Å². The number of amides is 2. The number of likely N-dealkylation sites (tertiary alicyclic amines) is 1. The molecule has 2 heterocycles. The van der Waals surface area contributed by atoms with E-state index in [4.69, 9.17) is 18.9 Å². The summed E-state index contributed by atoms with van der Waals surface area (Å²) < 4.78 is 20.9. The Labute approximate surface area is 169 Å². The van der Waals surface area contributed by atoms with Crippen LogP contribution in [0.25, 0.3) is 0 Å². The van der Waals surface area contributed by atoms with Gasteiger partial charge in [-0.15, -0.1) is 0 Å². The molecule has 0 radical (unpaired) electrons. The molecule has 2 aliphatic rings. The lowest BCUT2D eigenvalue weighted by molar-refractivity contribution is -0.187. The van der Waals surface area contributed by atoms with Crippen molar-refractivity contribution in [3.8, 4) is 0 Å². The van der Waals surface area contributed by atoms with E-state index < -0.39 is 42.1 Å². The molecular weight excluding hydrogens is 384 g/mol. The number of hydrogen-bond acceptors (Lipinski definition) is 8. The van der Waals surface area contributed by atoms with Crippen LogP contribution in [0.5, 0.6) is 0 Å². The van der Waals surface area contributed by atoms with Crippen LogP contribution in [0.4, 0.5) is 4.79 Å². The second-order valence-electron chi connectivity index (χ2n) is 7.14. The summed E-state index contributed by atoms with van der Waals surface area (Å²) in [5, 5.41) is 12.7. The predicted molar refractivity (Wildman–Crippen MR) is 100 cm³/mol. The molecule has 0 aromatic rings. The molecule has 0 saturated carbocycles. The average molecular weight is 412 g/mol. The fraction of sp³-hybridized carbons (Fsp3) is 0.632. The minimum Gasteiger partial charge on any atom is -0.458 e. The third-order valence-electron chi connectivity index (χ3n) is 4.54. The zero-order valence-electron chi connectivity index (χ0n) is 16.7. The van der Waals surface area contributed by atoms with Gasteiger partial charge in [-0.05, 0) is 26.7 Å². The summed E-state index contributed by atoms with van der Waals surface area (Å²) in [7, 11) is 0. The van der Waals surface area contributed by atoms with Crippen LogP contribution in [-0.2, 0) is 28.5 Å². The van der Waals surface area contributed by atoms with Gasteiger partial charge >= 0.3 is 12.1 Å². The fourth-order valence-corrected chi connectivity index (χ4v) is 3.23. The summed E-state index contributed by atoms with van der Waals surface area (Å²) in [6.45, 7) is 10.7. The molecule has 2 rings (SSSR count). The largest absolute Gasteiger partial charge is 0.458 e. The van der Waals surface area contributed by atoms with Gasteiger partial charge in [0, 0.05) is 0 Å². The molecule has 2 saturated heterocycles. The summed E-state index contributed by atoms with van der Waals surface area (Å²) in [4.78, 5) is 37.3. The highest BCUT2D eigenvalue weighted by atomic mass is 16.7. The number of carbonyl (C=O) groups excluding carboxylic acids is 3. The van der Waals surface area contributed by atoms with Gasteiger partial charge in [0.1, 0.15) is 19.3 Å². The molecule has 2 amide bonds. The fourth-order valence-electron chi connectivity index (χ4n) is 3.23. The molecule has 2 N–H and O–H groups in total. The van der Waals surface area contributed by atoms with Gasteiger partial charge in [-0.3, -0.25) is 9.69 Å². The monoisotopic (exact) mass is 412 g/mol. The Hall–Kier alpha value is -2.43. The maximum Gasteiger partial charge on any atom is 0.408 e. The van der Waals surface area contributed by atoms with Crippen molar-refractivity contribution in [2.75, 3.05) is 19.8 Å². The van der Waals surface area contributed by atoms with Crippen molar-refractivity contribution in [3.05, 3.63) is 25.3 Å². The van der Waals surface area contributed by atoms with Crippen molar-refractivity contribution in [2.24, 2.45) is 0 Å². The Bertz CT molecular complexity index is 650. The van der Waals surface area contributed by atoms with E-state index in [1.807, 2.05) is 0 Å². The maximum atomic E-state index is 12.5. The first-order chi connectivity index (χ1) is 13.7. The zero-order chi connectivity index (χ0) is 21.6. The molecule has 4 atom stereocenters. The number of rotatable bonds is 10. The van der Waals surface area contributed by atoms with Crippen molar-refractivity contribution in [3.63, 3.8) is 0 Å². The number of nitrogens with one attached hydrogen (secondary N) is 1. The van der Waals surface area contributed by atoms with E-state index in [9.17, 15) is 19.5 Å². The Morgan fingerprint density at radius 1 is 1.31 bits per heavy atom. The van der Waals surface area contributed by atoms with E-state index in [0.717, 1.165) is 4.90 Å². The number of alkyl carbamates (subject to hydrolysis) is 1. The topological polar surface area (TPSA) is 124 Å². The van der Waals surface area contributed by atoms with Crippen molar-refractivity contribution in [1.29, 1.82) is 0 Å². The van der Waals surface area contributed by atoms with Gasteiger partial charge in [0.05, 0.1) is 18.8 Å². The van der Waals surface area contributed by atoms with Crippen LogP contribution in [0, 0.1) is 0 Å². The van der Waals surface area contributed by atoms with Gasteiger partial charge in [0.2, 0.25) is 12.1 Å². The molecule has 0 aromatic carbocycles. The molecule has 0 spiro atoms. The first-order valence-corrected chi connectivity index (χ1v) is 9.34. The summed E-state index contributed by atoms with van der Waals surface area (Å²) in [6.07, 6.45) is 0.801. The lowest BCUT2D eigenvalue weighted by atomic mass is 9.89. The first-order valence-electron chi connectivity index (χ1n) is 9.34. The van der Waals surface area contributed by atoms with E-state index in [0.29, 0.717) is 19.4 Å². The average Bonchev–Trinajstić information content (AvgIpc) is 3.03. The van der Waals surface area contributed by atoms with Gasteiger partial charge in [-0.1, -0.05) is 25.3 Å². The van der Waals surface area contributed by atoms with Gasteiger partial charge in [0.15, 0.2) is 5.79 Å². The number of aliphatic hydroxyl groups excluding tert-OH is 1. The highest BCUT2D eigenvalue weighted by Gasteiger charge is 2.53. The van der Waals surface area contributed by atoms with E-state index in [1.165, 1.54) is 12.2 Å². The third-order valence-corrected chi connectivity index (χ3v) is 4.54. The zero-order valence-corrected chi connectivity index (χ0v) is 16.7. The highest BCUT2D eigenvalue weighted by Crippen LogP contribution is 2.31. The summed E-state index contributed by atoms with van der Waals surface area (Å²) >= 11 is 0. The number of β-lactam (4-membered cyclic amide) rings is 1. The van der Waals surface area contributed by atoms with Crippen molar-refractivity contribution in [2.45, 2.75) is 56.9 Å². The highest BCUT2D eigenvalue weighted by molar-refractivity contribution is 5.95. The van der Waals surface area contributed by atoms with Crippen LogP contribution in [0.15, 0.2) is 25.3 Å². The van der Waals surface area contributed by atoms with Crippen molar-refractivity contribution >= 4 is 18.0 Å². The van der Waals surface area contributed by atoms with Gasteiger partial charge in [-0.25, -0.2) is 9.59 Å². The molecule has 2 aliphatic heterocycles. The predicted octanol–water partition coefficient (Wildman–Crippen LogP) is 0.457.